The second-order valence-electron chi connectivity index (χ2n) is 4.72. The third kappa shape index (κ3) is 2.47. The molecule has 0 saturated heterocycles. The van der Waals surface area contributed by atoms with Crippen LogP contribution in [0.4, 0.5) is 5.82 Å². The largest absolute Gasteiger partial charge is 0.383 e. The van der Waals surface area contributed by atoms with Gasteiger partial charge in [-0.2, -0.15) is 0 Å². The van der Waals surface area contributed by atoms with Crippen molar-refractivity contribution in [2.45, 2.75) is 26.7 Å². The van der Waals surface area contributed by atoms with Gasteiger partial charge in [0.05, 0.1) is 0 Å². The summed E-state index contributed by atoms with van der Waals surface area (Å²) in [6, 6.07) is 10.6. The minimum Gasteiger partial charge on any atom is -0.383 e. The molecule has 0 fully saturated rings. The summed E-state index contributed by atoms with van der Waals surface area (Å²) in [7, 11) is 0. The maximum absolute atomic E-state index is 5.91. The van der Waals surface area contributed by atoms with Crippen molar-refractivity contribution in [1.82, 2.24) is 4.98 Å². The van der Waals surface area contributed by atoms with E-state index in [2.05, 4.69) is 49.2 Å². The molecule has 0 aliphatic heterocycles. The SMILES string of the molecule is Cc1cnc(N)c(-c2ccc(C(C)C)cc2)c1. The molecule has 88 valence electrons. The van der Waals surface area contributed by atoms with Crippen molar-refractivity contribution < 1.29 is 0 Å². The number of aryl methyl sites for hydroxylation is 1. The molecular weight excluding hydrogens is 208 g/mol. The molecular formula is C15H18N2. The van der Waals surface area contributed by atoms with Crippen molar-refractivity contribution in [1.29, 1.82) is 0 Å². The van der Waals surface area contributed by atoms with Gasteiger partial charge < -0.3 is 5.73 Å². The Balaban J connectivity index is 2.43. The molecule has 17 heavy (non-hydrogen) atoms. The summed E-state index contributed by atoms with van der Waals surface area (Å²) in [6.07, 6.45) is 1.79. The van der Waals surface area contributed by atoms with Crippen molar-refractivity contribution in [3.8, 4) is 11.1 Å². The third-order valence-corrected chi connectivity index (χ3v) is 2.94. The molecule has 2 heteroatoms. The monoisotopic (exact) mass is 226 g/mol. The summed E-state index contributed by atoms with van der Waals surface area (Å²) in [6.45, 7) is 6.41. The molecule has 0 atom stereocenters. The van der Waals surface area contributed by atoms with Crippen LogP contribution in [0.2, 0.25) is 0 Å². The van der Waals surface area contributed by atoms with Crippen molar-refractivity contribution in [3.63, 3.8) is 0 Å². The molecule has 0 amide bonds. The maximum Gasteiger partial charge on any atom is 0.131 e. The van der Waals surface area contributed by atoms with Gasteiger partial charge in [-0.05, 0) is 35.6 Å². The predicted molar refractivity (Wildman–Crippen MR) is 72.9 cm³/mol. The second kappa shape index (κ2) is 4.58. The lowest BCUT2D eigenvalue weighted by Gasteiger charge is -2.09. The Morgan fingerprint density at radius 2 is 1.76 bits per heavy atom. The second-order valence-corrected chi connectivity index (χ2v) is 4.72. The van der Waals surface area contributed by atoms with E-state index in [1.807, 2.05) is 6.92 Å². The summed E-state index contributed by atoms with van der Waals surface area (Å²) in [5.74, 6) is 1.14. The number of rotatable bonds is 2. The smallest absolute Gasteiger partial charge is 0.131 e. The molecule has 0 aliphatic carbocycles. The van der Waals surface area contributed by atoms with Gasteiger partial charge >= 0.3 is 0 Å². The van der Waals surface area contributed by atoms with Crippen LogP contribution in [-0.2, 0) is 0 Å². The number of nitrogen functional groups attached to an aromatic ring is 1. The van der Waals surface area contributed by atoms with E-state index in [4.69, 9.17) is 5.73 Å². The quantitative estimate of drug-likeness (QED) is 0.846. The number of hydrogen-bond donors (Lipinski definition) is 1. The van der Waals surface area contributed by atoms with Gasteiger partial charge in [-0.1, -0.05) is 38.1 Å². The minimum absolute atomic E-state index is 0.553. The lowest BCUT2D eigenvalue weighted by molar-refractivity contribution is 0.867. The van der Waals surface area contributed by atoms with Crippen LogP contribution in [0.3, 0.4) is 0 Å². The Kier molecular flexibility index (Phi) is 3.14. The normalized spacial score (nSPS) is 10.8. The molecule has 1 aromatic carbocycles. The number of aromatic nitrogens is 1. The first-order chi connectivity index (χ1) is 8.08. The molecule has 0 spiro atoms. The van der Waals surface area contributed by atoms with Crippen LogP contribution in [-0.4, -0.2) is 4.98 Å². The van der Waals surface area contributed by atoms with Crippen LogP contribution in [0.5, 0.6) is 0 Å². The van der Waals surface area contributed by atoms with Crippen molar-refractivity contribution in [3.05, 3.63) is 47.7 Å². The van der Waals surface area contributed by atoms with Gasteiger partial charge in [-0.25, -0.2) is 4.98 Å². The van der Waals surface area contributed by atoms with Crippen LogP contribution in [0.25, 0.3) is 11.1 Å². The molecule has 2 rings (SSSR count). The third-order valence-electron chi connectivity index (χ3n) is 2.94. The summed E-state index contributed by atoms with van der Waals surface area (Å²) in [4.78, 5) is 4.19. The topological polar surface area (TPSA) is 38.9 Å². The Bertz CT molecular complexity index is 513. The van der Waals surface area contributed by atoms with E-state index < -0.39 is 0 Å². The fourth-order valence-corrected chi connectivity index (χ4v) is 1.86. The highest BCUT2D eigenvalue weighted by atomic mass is 14.8. The first kappa shape index (κ1) is 11.6. The van der Waals surface area contributed by atoms with Gasteiger partial charge in [-0.3, -0.25) is 0 Å². The van der Waals surface area contributed by atoms with Crippen LogP contribution in [0.1, 0.15) is 30.9 Å². The van der Waals surface area contributed by atoms with E-state index in [0.29, 0.717) is 11.7 Å². The Hall–Kier alpha value is -1.83. The van der Waals surface area contributed by atoms with Crippen LogP contribution < -0.4 is 5.73 Å². The number of nitrogens with two attached hydrogens (primary N) is 1. The van der Waals surface area contributed by atoms with Gasteiger partial charge in [0.15, 0.2) is 0 Å². The Labute approximate surface area is 103 Å². The highest BCUT2D eigenvalue weighted by Crippen LogP contribution is 2.26. The molecule has 0 unspecified atom stereocenters. The fraction of sp³-hybridized carbons (Fsp3) is 0.267. The number of anilines is 1. The molecule has 2 nitrogen and oxygen atoms in total. The fourth-order valence-electron chi connectivity index (χ4n) is 1.86. The highest BCUT2D eigenvalue weighted by Gasteiger charge is 2.05. The van der Waals surface area contributed by atoms with E-state index in [9.17, 15) is 0 Å². The first-order valence-corrected chi connectivity index (χ1v) is 5.90. The number of pyridine rings is 1. The summed E-state index contributed by atoms with van der Waals surface area (Å²) < 4.78 is 0. The van der Waals surface area contributed by atoms with Crippen molar-refractivity contribution >= 4 is 5.82 Å². The van der Waals surface area contributed by atoms with Gasteiger partial charge in [-0.15, -0.1) is 0 Å². The van der Waals surface area contributed by atoms with E-state index in [1.54, 1.807) is 6.20 Å². The average Bonchev–Trinajstić information content (AvgIpc) is 2.32. The van der Waals surface area contributed by atoms with Gasteiger partial charge in [0, 0.05) is 11.8 Å². The molecule has 1 aromatic heterocycles. The molecule has 2 aromatic rings. The van der Waals surface area contributed by atoms with Gasteiger partial charge in [0.1, 0.15) is 5.82 Å². The lowest BCUT2D eigenvalue weighted by atomic mass is 9.98. The average molecular weight is 226 g/mol. The summed E-state index contributed by atoms with van der Waals surface area (Å²) in [5, 5.41) is 0. The molecule has 0 radical (unpaired) electrons. The van der Waals surface area contributed by atoms with E-state index in [0.717, 1.165) is 16.7 Å². The van der Waals surface area contributed by atoms with Crippen LogP contribution in [0, 0.1) is 6.92 Å². The van der Waals surface area contributed by atoms with E-state index in [1.165, 1.54) is 5.56 Å². The summed E-state index contributed by atoms with van der Waals surface area (Å²) >= 11 is 0. The van der Waals surface area contributed by atoms with Gasteiger partial charge in [0.25, 0.3) is 0 Å². The van der Waals surface area contributed by atoms with Crippen LogP contribution in [0.15, 0.2) is 36.5 Å². The van der Waals surface area contributed by atoms with Crippen molar-refractivity contribution in [2.75, 3.05) is 5.73 Å². The van der Waals surface area contributed by atoms with Crippen LogP contribution >= 0.6 is 0 Å². The molecule has 1 heterocycles. The standard InChI is InChI=1S/C15H18N2/c1-10(2)12-4-6-13(7-5-12)14-8-11(3)9-17-15(14)16/h4-10H,1-3H3,(H2,16,17). The van der Waals surface area contributed by atoms with E-state index >= 15 is 0 Å². The zero-order chi connectivity index (χ0) is 12.4. The lowest BCUT2D eigenvalue weighted by Crippen LogP contribution is -1.95. The highest BCUT2D eigenvalue weighted by molar-refractivity contribution is 5.74. The first-order valence-electron chi connectivity index (χ1n) is 5.90. The van der Waals surface area contributed by atoms with E-state index in [-0.39, 0.29) is 0 Å². The number of nitrogens with zero attached hydrogens (tertiary/aromatic N) is 1. The Morgan fingerprint density at radius 1 is 1.12 bits per heavy atom. The molecule has 0 aliphatic rings. The van der Waals surface area contributed by atoms with Gasteiger partial charge in [0.2, 0.25) is 0 Å². The zero-order valence-corrected chi connectivity index (χ0v) is 10.6. The maximum atomic E-state index is 5.91. The summed E-state index contributed by atoms with van der Waals surface area (Å²) in [5.41, 5.74) is 10.5. The number of benzene rings is 1. The zero-order valence-electron chi connectivity index (χ0n) is 10.6. The number of hydrogen-bond acceptors (Lipinski definition) is 2. The molecule has 2 N–H and O–H groups in total. The molecule has 0 saturated carbocycles. The predicted octanol–water partition coefficient (Wildman–Crippen LogP) is 3.76. The minimum atomic E-state index is 0.553. The Morgan fingerprint density at radius 3 is 2.35 bits per heavy atom. The molecule has 0 bridgehead atoms. The van der Waals surface area contributed by atoms with Crippen molar-refractivity contribution in [2.24, 2.45) is 0 Å².